The summed E-state index contributed by atoms with van der Waals surface area (Å²) < 4.78 is 7.94. The van der Waals surface area contributed by atoms with Crippen molar-refractivity contribution >= 4 is 5.97 Å². The number of benzene rings is 2. The fourth-order valence-corrected chi connectivity index (χ4v) is 6.16. The van der Waals surface area contributed by atoms with Crippen LogP contribution in [0, 0.1) is 11.8 Å². The lowest BCUT2D eigenvalue weighted by Crippen LogP contribution is -2.19. The van der Waals surface area contributed by atoms with Crippen molar-refractivity contribution in [2.45, 2.75) is 56.9 Å². The smallest absolute Gasteiger partial charge is 0.339 e. The van der Waals surface area contributed by atoms with Crippen LogP contribution < -0.4 is 4.74 Å². The van der Waals surface area contributed by atoms with Crippen LogP contribution in [0.5, 0.6) is 5.75 Å². The summed E-state index contributed by atoms with van der Waals surface area (Å²) >= 11 is 0. The summed E-state index contributed by atoms with van der Waals surface area (Å²) in [6, 6.07) is 16.4. The predicted octanol–water partition coefficient (Wildman–Crippen LogP) is 6.37. The number of aromatic carboxylic acids is 1. The van der Waals surface area contributed by atoms with E-state index in [0.29, 0.717) is 0 Å². The molecule has 2 aliphatic carbocycles. The van der Waals surface area contributed by atoms with Crippen LogP contribution in [-0.2, 0) is 0 Å². The van der Waals surface area contributed by atoms with Crippen LogP contribution in [0.1, 0.15) is 66.9 Å². The van der Waals surface area contributed by atoms with Crippen molar-refractivity contribution in [3.63, 3.8) is 0 Å². The second kappa shape index (κ2) is 10.6. The van der Waals surface area contributed by atoms with Crippen LogP contribution in [0.4, 0.5) is 0 Å². The highest BCUT2D eigenvalue weighted by molar-refractivity contribution is 5.89. The Balaban J connectivity index is 1.21. The second-order valence-corrected chi connectivity index (χ2v) is 11.0. The van der Waals surface area contributed by atoms with Crippen LogP contribution in [0.15, 0.2) is 65.1 Å². The average Bonchev–Trinajstić information content (AvgIpc) is 3.38. The number of ether oxygens (including phenoxy) is 1. The molecule has 2 heterocycles. The number of aromatic nitrogens is 2. The summed E-state index contributed by atoms with van der Waals surface area (Å²) in [5.41, 5.74) is 3.97. The van der Waals surface area contributed by atoms with Gasteiger partial charge in [0.15, 0.2) is 0 Å². The van der Waals surface area contributed by atoms with Crippen molar-refractivity contribution in [2.24, 2.45) is 22.2 Å². The standard InChI is InChI=1S/C30H35N5O3/c1-34-19-28(32-33-34)25-17-26(25)29-27(30(36)37)18-31-35(29)23-11-5-9-21(15-23)22-10-6-12-24(16-22)38-14-13-20-7-3-2-4-8-20/h5-6,9-12,15-16,18,20,25-26,28H,2-4,7-8,13-14,17,19H2,1H3,(H,36,37)/t25-,26-,28?/m1/s1. The molecule has 8 heteroatoms. The molecule has 1 N–H and O–H groups in total. The summed E-state index contributed by atoms with van der Waals surface area (Å²) in [6.07, 6.45) is 10.2. The molecule has 38 heavy (non-hydrogen) atoms. The van der Waals surface area contributed by atoms with Gasteiger partial charge in [-0.2, -0.15) is 10.2 Å². The highest BCUT2D eigenvalue weighted by Gasteiger charge is 2.49. The number of carboxylic acid groups (broad SMARTS) is 1. The highest BCUT2D eigenvalue weighted by Crippen LogP contribution is 2.52. The summed E-state index contributed by atoms with van der Waals surface area (Å²) in [4.78, 5) is 12.1. The van der Waals surface area contributed by atoms with Crippen molar-refractivity contribution in [3.05, 3.63) is 66.0 Å². The summed E-state index contributed by atoms with van der Waals surface area (Å²) in [7, 11) is 1.91. The number of rotatable bonds is 9. The zero-order valence-corrected chi connectivity index (χ0v) is 21.9. The first kappa shape index (κ1) is 24.6. The van der Waals surface area contributed by atoms with E-state index >= 15 is 0 Å². The molecule has 2 saturated carbocycles. The molecule has 1 aliphatic heterocycles. The minimum Gasteiger partial charge on any atom is -0.494 e. The molecule has 8 nitrogen and oxygen atoms in total. The van der Waals surface area contributed by atoms with Crippen molar-refractivity contribution in [1.82, 2.24) is 14.8 Å². The average molecular weight is 514 g/mol. The third kappa shape index (κ3) is 5.17. The van der Waals surface area contributed by atoms with Crippen molar-refractivity contribution in [1.29, 1.82) is 0 Å². The number of nitrogens with zero attached hydrogens (tertiary/aromatic N) is 5. The third-order valence-electron chi connectivity index (χ3n) is 8.30. The quantitative estimate of drug-likeness (QED) is 0.359. The lowest BCUT2D eigenvalue weighted by Gasteiger charge is -2.21. The number of hydrogen-bond donors (Lipinski definition) is 1. The Labute approximate surface area is 223 Å². The Morgan fingerprint density at radius 2 is 1.87 bits per heavy atom. The summed E-state index contributed by atoms with van der Waals surface area (Å²) in [5.74, 6) is 1.11. The second-order valence-electron chi connectivity index (χ2n) is 11.0. The van der Waals surface area contributed by atoms with Crippen LogP contribution in [-0.4, -0.2) is 52.1 Å². The minimum atomic E-state index is -0.948. The molecule has 3 aromatic rings. The molecule has 198 valence electrons. The number of likely N-dealkylation sites (N-methyl/N-ethyl adjacent to an activating group) is 1. The topological polar surface area (TPSA) is 92.3 Å². The maximum atomic E-state index is 12.1. The first-order chi connectivity index (χ1) is 18.6. The molecule has 6 rings (SSSR count). The number of carboxylic acids is 1. The molecule has 0 bridgehead atoms. The molecule has 0 saturated heterocycles. The van der Waals surface area contributed by atoms with Gasteiger partial charge in [-0.25, -0.2) is 9.48 Å². The van der Waals surface area contributed by atoms with Gasteiger partial charge in [-0.05, 0) is 60.1 Å². The molecular formula is C30H35N5O3. The van der Waals surface area contributed by atoms with Gasteiger partial charge in [-0.15, -0.1) is 0 Å². The fourth-order valence-electron chi connectivity index (χ4n) is 6.16. The molecule has 1 unspecified atom stereocenters. The minimum absolute atomic E-state index is 0.0992. The molecule has 1 aromatic heterocycles. The Bertz CT molecular complexity index is 1330. The van der Waals surface area contributed by atoms with E-state index in [0.717, 1.165) is 60.2 Å². The molecule has 2 fully saturated rings. The predicted molar refractivity (Wildman–Crippen MR) is 145 cm³/mol. The zero-order valence-electron chi connectivity index (χ0n) is 21.9. The van der Waals surface area contributed by atoms with Gasteiger partial charge in [-0.3, -0.25) is 5.01 Å². The van der Waals surface area contributed by atoms with Gasteiger partial charge in [0, 0.05) is 13.0 Å². The van der Waals surface area contributed by atoms with Crippen molar-refractivity contribution in [3.8, 4) is 22.6 Å². The molecule has 2 aromatic carbocycles. The van der Waals surface area contributed by atoms with Gasteiger partial charge < -0.3 is 9.84 Å². The van der Waals surface area contributed by atoms with Gasteiger partial charge in [0.05, 0.1) is 36.8 Å². The molecule has 3 aliphatic rings. The fraction of sp³-hybridized carbons (Fsp3) is 0.467. The van der Waals surface area contributed by atoms with E-state index in [1.165, 1.54) is 38.3 Å². The SMILES string of the molecule is CN1CC([C@@H]2C[C@H]2c2c(C(=O)O)cnn2-c2cccc(-c3cccc(OCCC4CCCCC4)c3)c2)N=N1. The van der Waals surface area contributed by atoms with Crippen LogP contribution in [0.25, 0.3) is 16.8 Å². The monoisotopic (exact) mass is 513 g/mol. The third-order valence-corrected chi connectivity index (χ3v) is 8.30. The van der Waals surface area contributed by atoms with E-state index in [4.69, 9.17) is 4.74 Å². The largest absolute Gasteiger partial charge is 0.494 e. The van der Waals surface area contributed by atoms with Crippen LogP contribution >= 0.6 is 0 Å². The summed E-state index contributed by atoms with van der Waals surface area (Å²) in [5, 5.41) is 24.8. The molecule has 0 radical (unpaired) electrons. The highest BCUT2D eigenvalue weighted by atomic mass is 16.5. The Morgan fingerprint density at radius 3 is 2.63 bits per heavy atom. The van der Waals surface area contributed by atoms with Crippen LogP contribution in [0.2, 0.25) is 0 Å². The maximum Gasteiger partial charge on any atom is 0.339 e. The maximum absolute atomic E-state index is 12.1. The zero-order chi connectivity index (χ0) is 26.1. The van der Waals surface area contributed by atoms with E-state index in [9.17, 15) is 9.90 Å². The Hall–Kier alpha value is -3.68. The molecular weight excluding hydrogens is 478 g/mol. The normalized spacial score (nSPS) is 23.1. The molecule has 0 spiro atoms. The summed E-state index contributed by atoms with van der Waals surface area (Å²) in [6.45, 7) is 1.52. The molecule has 3 atom stereocenters. The van der Waals surface area contributed by atoms with Crippen LogP contribution in [0.3, 0.4) is 0 Å². The Morgan fingerprint density at radius 1 is 1.08 bits per heavy atom. The van der Waals surface area contributed by atoms with E-state index in [2.05, 4.69) is 39.7 Å². The first-order valence-electron chi connectivity index (χ1n) is 13.8. The van der Waals surface area contributed by atoms with Gasteiger partial charge in [0.2, 0.25) is 0 Å². The Kier molecular flexibility index (Phi) is 6.87. The first-order valence-corrected chi connectivity index (χ1v) is 13.8. The van der Waals surface area contributed by atoms with Gasteiger partial charge >= 0.3 is 5.97 Å². The lowest BCUT2D eigenvalue weighted by molar-refractivity contribution is 0.0695. The van der Waals surface area contributed by atoms with Gasteiger partial charge in [0.1, 0.15) is 11.3 Å². The van der Waals surface area contributed by atoms with E-state index in [1.807, 2.05) is 36.3 Å². The number of hydrogen-bond acceptors (Lipinski definition) is 6. The van der Waals surface area contributed by atoms with Crippen molar-refractivity contribution < 1.29 is 14.6 Å². The van der Waals surface area contributed by atoms with Gasteiger partial charge in [-0.1, -0.05) is 61.6 Å². The van der Waals surface area contributed by atoms with Gasteiger partial charge in [0.25, 0.3) is 0 Å². The number of carbonyl (C=O) groups is 1. The van der Waals surface area contributed by atoms with E-state index in [1.54, 1.807) is 4.68 Å². The van der Waals surface area contributed by atoms with E-state index < -0.39 is 5.97 Å². The molecule has 0 amide bonds. The van der Waals surface area contributed by atoms with Crippen molar-refractivity contribution in [2.75, 3.05) is 20.2 Å². The lowest BCUT2D eigenvalue weighted by atomic mass is 9.87. The van der Waals surface area contributed by atoms with E-state index in [-0.39, 0.29) is 23.4 Å².